The molecule has 2 N–H and O–H groups in total. The smallest absolute Gasteiger partial charge is 0.328 e. The number of hydrogen-bond acceptors (Lipinski definition) is 8. The molecule has 0 atom stereocenters. The Morgan fingerprint density at radius 3 is 2.85 bits per heavy atom. The summed E-state index contributed by atoms with van der Waals surface area (Å²) in [5.74, 6) is 0.214. The number of H-pyrrole nitrogens is 1. The third kappa shape index (κ3) is 3.47. The number of rotatable bonds is 6. The van der Waals surface area contributed by atoms with Crippen LogP contribution in [-0.2, 0) is 20.8 Å². The number of amides is 1. The highest BCUT2D eigenvalue weighted by Crippen LogP contribution is 2.46. The number of methoxy groups -OCH3 is 1. The molecular weight excluding hydrogens is 460 g/mol. The van der Waals surface area contributed by atoms with E-state index in [4.69, 9.17) is 14.2 Å². The molecule has 7 rings (SSSR count). The van der Waals surface area contributed by atoms with Gasteiger partial charge < -0.3 is 29.4 Å². The molecule has 0 radical (unpaired) electrons. The van der Waals surface area contributed by atoms with E-state index in [9.17, 15) is 14.4 Å². The van der Waals surface area contributed by atoms with Crippen LogP contribution in [0.3, 0.4) is 0 Å². The van der Waals surface area contributed by atoms with Gasteiger partial charge in [-0.1, -0.05) is 0 Å². The number of carbonyl (C=O) groups is 1. The van der Waals surface area contributed by atoms with Crippen molar-refractivity contribution >= 4 is 39.9 Å². The summed E-state index contributed by atoms with van der Waals surface area (Å²) in [6.07, 6.45) is 0.582. The van der Waals surface area contributed by atoms with Crippen molar-refractivity contribution in [2.24, 2.45) is 0 Å². The monoisotopic (exact) mass is 482 g/mol. The Morgan fingerprint density at radius 1 is 1.18 bits per heavy atom. The summed E-state index contributed by atoms with van der Waals surface area (Å²) in [6.45, 7) is 0.775. The fourth-order valence-corrected chi connectivity index (χ4v) is 5.43. The molecule has 176 valence electrons. The van der Waals surface area contributed by atoms with Crippen molar-refractivity contribution in [2.45, 2.75) is 36.5 Å². The summed E-state index contributed by atoms with van der Waals surface area (Å²) in [4.78, 5) is 42.9. The largest absolute Gasteiger partial charge is 0.497 e. The van der Waals surface area contributed by atoms with Crippen molar-refractivity contribution in [3.63, 3.8) is 0 Å². The van der Waals surface area contributed by atoms with Gasteiger partial charge in [0.25, 0.3) is 5.56 Å². The number of anilines is 2. The van der Waals surface area contributed by atoms with Crippen LogP contribution >= 0.6 is 11.8 Å². The molecule has 34 heavy (non-hydrogen) atoms. The SMILES string of the molecule is COc1ccc2c(=O)n(CCCC34CN(c5ccc6c(c5)NC(=O)CS6)C(O3)O4)c(=O)[nH]c2c1. The van der Waals surface area contributed by atoms with Gasteiger partial charge in [0, 0.05) is 29.6 Å². The third-order valence-electron chi connectivity index (χ3n) is 6.35. The van der Waals surface area contributed by atoms with Gasteiger partial charge in [0.2, 0.25) is 12.3 Å². The van der Waals surface area contributed by atoms with Gasteiger partial charge in [0.15, 0.2) is 5.79 Å². The molecule has 4 aliphatic rings. The Bertz CT molecular complexity index is 1430. The lowest BCUT2D eigenvalue weighted by Crippen LogP contribution is -2.47. The first-order chi connectivity index (χ1) is 16.4. The van der Waals surface area contributed by atoms with Crippen molar-refractivity contribution in [3.8, 4) is 5.75 Å². The van der Waals surface area contributed by atoms with Gasteiger partial charge >= 0.3 is 5.69 Å². The maximum Gasteiger partial charge on any atom is 0.328 e. The van der Waals surface area contributed by atoms with E-state index in [2.05, 4.69) is 10.3 Å². The van der Waals surface area contributed by atoms with Crippen LogP contribution in [0.4, 0.5) is 11.4 Å². The Hall–Kier alpha value is -3.28. The number of nitrogens with one attached hydrogen (secondary N) is 2. The zero-order valence-electron chi connectivity index (χ0n) is 18.3. The second-order valence-corrected chi connectivity index (χ2v) is 9.52. The molecule has 1 aromatic heterocycles. The van der Waals surface area contributed by atoms with Gasteiger partial charge in [-0.05, 0) is 36.8 Å². The number of carbonyl (C=O) groups excluding carboxylic acids is 1. The lowest BCUT2D eigenvalue weighted by atomic mass is 10.1. The fourth-order valence-electron chi connectivity index (χ4n) is 4.64. The Labute approximate surface area is 197 Å². The molecule has 2 bridgehead atoms. The second kappa shape index (κ2) is 7.90. The highest BCUT2D eigenvalue weighted by Gasteiger charge is 2.58. The van der Waals surface area contributed by atoms with Crippen LogP contribution < -0.4 is 26.2 Å². The first-order valence-corrected chi connectivity index (χ1v) is 11.9. The maximum atomic E-state index is 12.8. The molecule has 3 saturated heterocycles. The molecule has 0 saturated carbocycles. The van der Waals surface area contributed by atoms with Crippen molar-refractivity contribution in [1.82, 2.24) is 9.55 Å². The zero-order chi connectivity index (χ0) is 23.4. The van der Waals surface area contributed by atoms with Crippen LogP contribution in [0, 0.1) is 0 Å². The van der Waals surface area contributed by atoms with E-state index < -0.39 is 17.9 Å². The highest BCUT2D eigenvalue weighted by atomic mass is 32.2. The van der Waals surface area contributed by atoms with Crippen LogP contribution in [0.5, 0.6) is 5.75 Å². The average Bonchev–Trinajstić information content (AvgIpc) is 3.36. The van der Waals surface area contributed by atoms with Crippen molar-refractivity contribution < 1.29 is 19.0 Å². The molecule has 4 aliphatic heterocycles. The maximum absolute atomic E-state index is 12.8. The minimum atomic E-state index is -0.765. The van der Waals surface area contributed by atoms with E-state index in [1.54, 1.807) is 18.2 Å². The van der Waals surface area contributed by atoms with E-state index in [0.29, 0.717) is 41.8 Å². The summed E-state index contributed by atoms with van der Waals surface area (Å²) in [5, 5.41) is 3.33. The first-order valence-electron chi connectivity index (χ1n) is 10.9. The topological polar surface area (TPSA) is 115 Å². The van der Waals surface area contributed by atoms with E-state index in [1.807, 2.05) is 23.1 Å². The number of nitrogens with zero attached hydrogens (tertiary/aromatic N) is 2. The molecular formula is C23H22N4O6S. The number of fused-ring (bicyclic) bond motifs is 3. The lowest BCUT2D eigenvalue weighted by molar-refractivity contribution is -0.406. The Kier molecular flexibility index (Phi) is 4.94. The average molecular weight is 483 g/mol. The fraction of sp³-hybridized carbons (Fsp3) is 0.348. The molecule has 11 heteroatoms. The van der Waals surface area contributed by atoms with Gasteiger partial charge in [-0.2, -0.15) is 0 Å². The van der Waals surface area contributed by atoms with Crippen LogP contribution in [0.1, 0.15) is 12.8 Å². The number of hydrogen-bond donors (Lipinski definition) is 2. The predicted octanol–water partition coefficient (Wildman–Crippen LogP) is 2.07. The van der Waals surface area contributed by atoms with Crippen molar-refractivity contribution in [2.75, 3.05) is 29.6 Å². The molecule has 0 spiro atoms. The summed E-state index contributed by atoms with van der Waals surface area (Å²) in [7, 11) is 1.53. The second-order valence-electron chi connectivity index (χ2n) is 8.50. The molecule has 10 nitrogen and oxygen atoms in total. The summed E-state index contributed by atoms with van der Waals surface area (Å²) >= 11 is 1.52. The number of benzene rings is 2. The normalized spacial score (nSPS) is 22.9. The van der Waals surface area contributed by atoms with Crippen molar-refractivity contribution in [1.29, 1.82) is 0 Å². The van der Waals surface area contributed by atoms with E-state index in [1.165, 1.54) is 23.4 Å². The minimum absolute atomic E-state index is 0.0117. The van der Waals surface area contributed by atoms with Crippen LogP contribution in [-0.4, -0.2) is 47.1 Å². The van der Waals surface area contributed by atoms with Gasteiger partial charge in [0.05, 0.1) is 36.0 Å². The molecule has 1 amide bonds. The van der Waals surface area contributed by atoms with E-state index in [0.717, 1.165) is 16.3 Å². The summed E-state index contributed by atoms with van der Waals surface area (Å²) in [5.41, 5.74) is 1.35. The first kappa shape index (κ1) is 21.3. The predicted molar refractivity (Wildman–Crippen MR) is 126 cm³/mol. The van der Waals surface area contributed by atoms with Crippen LogP contribution in [0.2, 0.25) is 0 Å². The van der Waals surface area contributed by atoms with Gasteiger partial charge in [-0.3, -0.25) is 14.2 Å². The van der Waals surface area contributed by atoms with E-state index >= 15 is 0 Å². The standard InChI is InChI=1S/C23H22N4O6S/c1-31-14-4-5-15-16(10-14)25-21(30)26(20(15)29)8-2-7-23-12-27(22(32-23)33-23)13-3-6-18-17(9-13)24-19(28)11-34-18/h3-6,9-10,22H,2,7-8,11-12H2,1H3,(H,24,28)(H,25,30). The number of ether oxygens (including phenoxy) is 3. The molecule has 2 aromatic carbocycles. The van der Waals surface area contributed by atoms with Crippen LogP contribution in [0.15, 0.2) is 50.9 Å². The molecule has 0 unspecified atom stereocenters. The number of aromatic amines is 1. The third-order valence-corrected chi connectivity index (χ3v) is 7.43. The quantitative estimate of drug-likeness (QED) is 0.549. The number of aromatic nitrogens is 2. The summed E-state index contributed by atoms with van der Waals surface area (Å²) < 4.78 is 18.3. The highest BCUT2D eigenvalue weighted by molar-refractivity contribution is 8.00. The lowest BCUT2D eigenvalue weighted by Gasteiger charge is -2.37. The molecule has 5 heterocycles. The number of thioether (sulfide) groups is 1. The molecule has 3 aromatic rings. The van der Waals surface area contributed by atoms with Gasteiger partial charge in [-0.25, -0.2) is 4.79 Å². The van der Waals surface area contributed by atoms with Crippen LogP contribution in [0.25, 0.3) is 10.9 Å². The zero-order valence-corrected chi connectivity index (χ0v) is 19.1. The van der Waals surface area contributed by atoms with E-state index in [-0.39, 0.29) is 18.0 Å². The molecule has 3 fully saturated rings. The minimum Gasteiger partial charge on any atom is -0.497 e. The Morgan fingerprint density at radius 2 is 2.03 bits per heavy atom. The molecule has 0 aliphatic carbocycles. The Balaban J connectivity index is 1.14. The summed E-state index contributed by atoms with van der Waals surface area (Å²) in [6, 6.07) is 10.9. The van der Waals surface area contributed by atoms with Gasteiger partial charge in [-0.15, -0.1) is 11.8 Å². The van der Waals surface area contributed by atoms with Gasteiger partial charge in [0.1, 0.15) is 5.75 Å². The van der Waals surface area contributed by atoms with Crippen molar-refractivity contribution in [3.05, 3.63) is 57.2 Å².